The fourth-order valence-electron chi connectivity index (χ4n) is 2.70. The first-order chi connectivity index (χ1) is 17.6. The number of hydrogen-bond donors (Lipinski definition) is 1. The van der Waals surface area contributed by atoms with E-state index in [0.717, 1.165) is 29.3 Å². The van der Waals surface area contributed by atoms with Gasteiger partial charge in [-0.05, 0) is 54.1 Å². The van der Waals surface area contributed by atoms with Crippen molar-refractivity contribution in [3.63, 3.8) is 0 Å². The summed E-state index contributed by atoms with van der Waals surface area (Å²) in [6.45, 7) is 2.96. The molecule has 0 atom stereocenters. The van der Waals surface area contributed by atoms with E-state index in [1.807, 2.05) is 0 Å². The van der Waals surface area contributed by atoms with E-state index >= 15 is 0 Å². The van der Waals surface area contributed by atoms with Crippen LogP contribution >= 0.6 is 0 Å². The van der Waals surface area contributed by atoms with Gasteiger partial charge in [-0.1, -0.05) is 6.58 Å². The van der Waals surface area contributed by atoms with Crippen LogP contribution in [0.4, 0.5) is 52.6 Å². The molecule has 3 rings (SSSR count). The molecular formula is C23H17F8N5O2. The van der Waals surface area contributed by atoms with Gasteiger partial charge in [-0.15, -0.1) is 13.2 Å². The van der Waals surface area contributed by atoms with Crippen LogP contribution < -0.4 is 19.8 Å². The molecule has 0 aliphatic rings. The number of rotatable bonds is 9. The van der Waals surface area contributed by atoms with Crippen LogP contribution in [0.3, 0.4) is 0 Å². The van der Waals surface area contributed by atoms with Gasteiger partial charge in [0.05, 0.1) is 6.21 Å². The first kappa shape index (κ1) is 28.1. The van der Waals surface area contributed by atoms with Crippen LogP contribution in [0.25, 0.3) is 0 Å². The summed E-state index contributed by atoms with van der Waals surface area (Å²) in [5, 5.41) is 7.45. The Labute approximate surface area is 210 Å². The zero-order valence-corrected chi connectivity index (χ0v) is 19.2. The van der Waals surface area contributed by atoms with Gasteiger partial charge in [0.2, 0.25) is 5.95 Å². The van der Waals surface area contributed by atoms with E-state index in [-0.39, 0.29) is 17.3 Å². The third-order valence-electron chi connectivity index (χ3n) is 4.41. The van der Waals surface area contributed by atoms with Crippen LogP contribution in [0.15, 0.2) is 72.4 Å². The SMILES string of the molecule is C=CC(F)(F)Oc1ccc(/C=N/N(C)c2nc(Nc3ccc(OC(F)(F)F)cc3)cc(C(F)(F)F)n2)cc1. The molecule has 0 amide bonds. The maximum Gasteiger partial charge on any atom is 0.573 e. The number of halogens is 8. The minimum Gasteiger partial charge on any atom is -0.429 e. The smallest absolute Gasteiger partial charge is 0.429 e. The van der Waals surface area contributed by atoms with Crippen molar-refractivity contribution in [3.8, 4) is 11.5 Å². The predicted octanol–water partition coefficient (Wildman–Crippen LogP) is 6.77. The number of aromatic nitrogens is 2. The predicted molar refractivity (Wildman–Crippen MR) is 122 cm³/mol. The summed E-state index contributed by atoms with van der Waals surface area (Å²) in [5.41, 5.74) is -0.806. The van der Waals surface area contributed by atoms with Crippen LogP contribution in [-0.4, -0.2) is 35.7 Å². The van der Waals surface area contributed by atoms with Gasteiger partial charge < -0.3 is 14.8 Å². The summed E-state index contributed by atoms with van der Waals surface area (Å²) in [7, 11) is 1.27. The van der Waals surface area contributed by atoms with Crippen molar-refractivity contribution < 1.29 is 44.6 Å². The van der Waals surface area contributed by atoms with E-state index in [1.54, 1.807) is 0 Å². The summed E-state index contributed by atoms with van der Waals surface area (Å²) in [6, 6.07) is 10.0. The van der Waals surface area contributed by atoms with Crippen molar-refractivity contribution in [2.24, 2.45) is 5.10 Å². The first-order valence-corrected chi connectivity index (χ1v) is 10.3. The molecule has 0 unspecified atom stereocenters. The molecule has 0 spiro atoms. The fraction of sp³-hybridized carbons (Fsp3) is 0.174. The number of hydrogen-bond acceptors (Lipinski definition) is 7. The molecule has 2 aromatic carbocycles. The molecule has 0 saturated carbocycles. The van der Waals surface area contributed by atoms with E-state index in [0.29, 0.717) is 17.7 Å². The summed E-state index contributed by atoms with van der Waals surface area (Å²) < 4.78 is 112. The molecule has 0 aliphatic carbocycles. The molecule has 0 bridgehead atoms. The van der Waals surface area contributed by atoms with Gasteiger partial charge in [0, 0.05) is 24.9 Å². The van der Waals surface area contributed by atoms with Crippen molar-refractivity contribution in [1.82, 2.24) is 9.97 Å². The van der Waals surface area contributed by atoms with Crippen LogP contribution in [0.1, 0.15) is 11.3 Å². The molecular weight excluding hydrogens is 530 g/mol. The molecule has 3 aromatic rings. The monoisotopic (exact) mass is 547 g/mol. The van der Waals surface area contributed by atoms with Gasteiger partial charge in [0.1, 0.15) is 17.3 Å². The molecule has 202 valence electrons. The van der Waals surface area contributed by atoms with Gasteiger partial charge >= 0.3 is 18.6 Å². The van der Waals surface area contributed by atoms with Crippen LogP contribution in [0.2, 0.25) is 0 Å². The lowest BCUT2D eigenvalue weighted by molar-refractivity contribution is -0.274. The molecule has 15 heteroatoms. The van der Waals surface area contributed by atoms with Crippen molar-refractivity contribution in [2.75, 3.05) is 17.4 Å². The number of nitrogens with one attached hydrogen (secondary N) is 1. The van der Waals surface area contributed by atoms with Crippen molar-refractivity contribution in [1.29, 1.82) is 0 Å². The Hall–Kier alpha value is -4.43. The second kappa shape index (κ2) is 10.9. The lowest BCUT2D eigenvalue weighted by atomic mass is 10.2. The fourth-order valence-corrected chi connectivity index (χ4v) is 2.70. The van der Waals surface area contributed by atoms with E-state index in [9.17, 15) is 35.1 Å². The lowest BCUT2D eigenvalue weighted by Crippen LogP contribution is -2.20. The van der Waals surface area contributed by atoms with Crippen LogP contribution in [0, 0.1) is 0 Å². The van der Waals surface area contributed by atoms with Gasteiger partial charge in [-0.3, -0.25) is 0 Å². The van der Waals surface area contributed by atoms with Crippen molar-refractivity contribution in [2.45, 2.75) is 18.6 Å². The Morgan fingerprint density at radius 2 is 1.45 bits per heavy atom. The van der Waals surface area contributed by atoms with Crippen LogP contribution in [-0.2, 0) is 6.18 Å². The van der Waals surface area contributed by atoms with Crippen molar-refractivity contribution in [3.05, 3.63) is 78.5 Å². The average molecular weight is 547 g/mol. The average Bonchev–Trinajstić information content (AvgIpc) is 2.83. The largest absolute Gasteiger partial charge is 0.573 e. The molecule has 38 heavy (non-hydrogen) atoms. The summed E-state index contributed by atoms with van der Waals surface area (Å²) in [4.78, 5) is 7.42. The van der Waals surface area contributed by atoms with Gasteiger partial charge in [0.25, 0.3) is 0 Å². The zero-order chi connectivity index (χ0) is 28.1. The first-order valence-electron chi connectivity index (χ1n) is 10.3. The third-order valence-corrected chi connectivity index (χ3v) is 4.41. The van der Waals surface area contributed by atoms with Crippen LogP contribution in [0.5, 0.6) is 11.5 Å². The molecule has 0 saturated heterocycles. The van der Waals surface area contributed by atoms with E-state index in [1.165, 1.54) is 37.5 Å². The van der Waals surface area contributed by atoms with Gasteiger partial charge in [-0.2, -0.15) is 32.0 Å². The minimum absolute atomic E-state index is 0.118. The second-order valence-corrected chi connectivity index (χ2v) is 7.34. The van der Waals surface area contributed by atoms with Crippen molar-refractivity contribution >= 4 is 23.7 Å². The molecule has 1 heterocycles. The third kappa shape index (κ3) is 8.31. The summed E-state index contributed by atoms with van der Waals surface area (Å²) in [5.74, 6) is -1.47. The number of nitrogens with zero attached hydrogens (tertiary/aromatic N) is 4. The van der Waals surface area contributed by atoms with Gasteiger partial charge in [0.15, 0.2) is 5.69 Å². The second-order valence-electron chi connectivity index (χ2n) is 7.34. The van der Waals surface area contributed by atoms with Gasteiger partial charge in [-0.25, -0.2) is 9.99 Å². The Bertz CT molecular complexity index is 1280. The number of alkyl halides is 8. The number of anilines is 3. The molecule has 7 nitrogen and oxygen atoms in total. The Balaban J connectivity index is 1.79. The maximum atomic E-state index is 13.4. The highest BCUT2D eigenvalue weighted by atomic mass is 19.4. The normalized spacial score (nSPS) is 12.3. The quantitative estimate of drug-likeness (QED) is 0.138. The molecule has 0 radical (unpaired) electrons. The standard InChI is InChI=1S/C23H17F8N5O2/c1-3-21(24,25)37-16-8-4-14(5-9-16)13-32-36(2)20-34-18(22(26,27)28)12-19(35-20)33-15-6-10-17(11-7-15)38-23(29,30)31/h3-13H,1H2,2H3,(H,33,34,35)/b32-13+. The minimum atomic E-state index is -4.90. The lowest BCUT2D eigenvalue weighted by Gasteiger charge is -2.16. The molecule has 1 N–H and O–H groups in total. The Morgan fingerprint density at radius 1 is 0.868 bits per heavy atom. The highest BCUT2D eigenvalue weighted by molar-refractivity contribution is 5.80. The summed E-state index contributed by atoms with van der Waals surface area (Å²) >= 11 is 0. The highest BCUT2D eigenvalue weighted by Crippen LogP contribution is 2.32. The number of ether oxygens (including phenoxy) is 2. The highest BCUT2D eigenvalue weighted by Gasteiger charge is 2.34. The van der Waals surface area contributed by atoms with E-state index in [2.05, 4.69) is 36.4 Å². The number of benzene rings is 2. The van der Waals surface area contributed by atoms with E-state index in [4.69, 9.17) is 0 Å². The molecule has 1 aromatic heterocycles. The maximum absolute atomic E-state index is 13.4. The molecule has 0 aliphatic heterocycles. The Kier molecular flexibility index (Phi) is 8.07. The summed E-state index contributed by atoms with van der Waals surface area (Å²) in [6.07, 6.45) is -11.8. The Morgan fingerprint density at radius 3 is 2.00 bits per heavy atom. The topological polar surface area (TPSA) is 71.9 Å². The number of hydrazone groups is 1. The molecule has 0 fully saturated rings. The zero-order valence-electron chi connectivity index (χ0n) is 19.2. The van der Waals surface area contributed by atoms with E-state index < -0.39 is 36.0 Å².